The zero-order valence-electron chi connectivity index (χ0n) is 18.1. The van der Waals surface area contributed by atoms with Gasteiger partial charge in [-0.2, -0.15) is 0 Å². The maximum absolute atomic E-state index is 12.4. The molecule has 0 radical (unpaired) electrons. The lowest BCUT2D eigenvalue weighted by Crippen LogP contribution is -2.54. The summed E-state index contributed by atoms with van der Waals surface area (Å²) in [6.45, 7) is 9.90. The van der Waals surface area contributed by atoms with E-state index in [4.69, 9.17) is 9.15 Å². The van der Waals surface area contributed by atoms with Crippen LogP contribution in [0, 0.1) is 6.92 Å². The van der Waals surface area contributed by atoms with Crippen molar-refractivity contribution in [1.29, 1.82) is 0 Å². The maximum atomic E-state index is 12.4. The minimum Gasteiger partial charge on any atom is -0.444 e. The molecule has 1 saturated heterocycles. The van der Waals surface area contributed by atoms with Gasteiger partial charge in [-0.15, -0.1) is 0 Å². The van der Waals surface area contributed by atoms with E-state index in [0.29, 0.717) is 45.0 Å². The van der Waals surface area contributed by atoms with Crippen LogP contribution in [-0.4, -0.2) is 65.2 Å². The molecule has 0 bridgehead atoms. The molecule has 0 saturated carbocycles. The van der Waals surface area contributed by atoms with Gasteiger partial charge in [0.1, 0.15) is 11.9 Å². The number of hydrogen-bond donors (Lipinski definition) is 1. The van der Waals surface area contributed by atoms with E-state index in [0.717, 1.165) is 11.3 Å². The first-order valence-electron chi connectivity index (χ1n) is 10.2. The molecule has 0 unspecified atom stereocenters. The predicted octanol–water partition coefficient (Wildman–Crippen LogP) is 3.45. The molecule has 1 aromatic carbocycles. The topological polar surface area (TPSA) is 87.9 Å². The van der Waals surface area contributed by atoms with E-state index < -0.39 is 5.60 Å². The molecule has 0 aliphatic carbocycles. The Morgan fingerprint density at radius 2 is 1.73 bits per heavy atom. The quantitative estimate of drug-likeness (QED) is 0.828. The van der Waals surface area contributed by atoms with Crippen LogP contribution in [0.3, 0.4) is 0 Å². The fourth-order valence-corrected chi connectivity index (χ4v) is 3.08. The van der Waals surface area contributed by atoms with Crippen molar-refractivity contribution in [3.05, 3.63) is 41.8 Å². The highest BCUT2D eigenvalue weighted by Gasteiger charge is 2.27. The van der Waals surface area contributed by atoms with E-state index in [9.17, 15) is 9.59 Å². The molecular weight excluding hydrogens is 384 g/mol. The molecule has 0 spiro atoms. The molecule has 8 nitrogen and oxygen atoms in total. The summed E-state index contributed by atoms with van der Waals surface area (Å²) < 4.78 is 10.9. The van der Waals surface area contributed by atoms with Crippen LogP contribution in [0.15, 0.2) is 34.9 Å². The third-order valence-electron chi connectivity index (χ3n) is 4.73. The number of aromatic nitrogens is 1. The summed E-state index contributed by atoms with van der Waals surface area (Å²) in [7, 11) is 0. The van der Waals surface area contributed by atoms with Gasteiger partial charge in [-0.1, -0.05) is 17.7 Å². The van der Waals surface area contributed by atoms with Gasteiger partial charge < -0.3 is 24.3 Å². The summed E-state index contributed by atoms with van der Waals surface area (Å²) in [5.41, 5.74) is 2.38. The van der Waals surface area contributed by atoms with Crippen LogP contribution in [0.2, 0.25) is 0 Å². The van der Waals surface area contributed by atoms with E-state index in [2.05, 4.69) is 10.3 Å². The lowest BCUT2D eigenvalue weighted by Gasteiger charge is -2.35. The Labute approximate surface area is 177 Å². The minimum absolute atomic E-state index is 0.138. The van der Waals surface area contributed by atoms with Gasteiger partial charge >= 0.3 is 12.1 Å². The molecule has 1 aliphatic heterocycles. The molecule has 3 amide bonds. The number of aryl methyl sites for hydroxylation is 1. The monoisotopic (exact) mass is 414 g/mol. The second kappa shape index (κ2) is 9.19. The van der Waals surface area contributed by atoms with Crippen molar-refractivity contribution in [2.75, 3.05) is 32.7 Å². The van der Waals surface area contributed by atoms with Crippen molar-refractivity contribution in [1.82, 2.24) is 20.1 Å². The lowest BCUT2D eigenvalue weighted by atomic mass is 10.1. The summed E-state index contributed by atoms with van der Waals surface area (Å²) >= 11 is 0. The van der Waals surface area contributed by atoms with Crippen LogP contribution >= 0.6 is 0 Å². The fraction of sp³-hybridized carbons (Fsp3) is 0.500. The van der Waals surface area contributed by atoms with Crippen LogP contribution < -0.4 is 5.32 Å². The van der Waals surface area contributed by atoms with Crippen molar-refractivity contribution >= 4 is 12.1 Å². The second-order valence-corrected chi connectivity index (χ2v) is 8.45. The first kappa shape index (κ1) is 21.7. The highest BCUT2D eigenvalue weighted by atomic mass is 16.6. The van der Waals surface area contributed by atoms with Gasteiger partial charge in [0.2, 0.25) is 5.89 Å². The average molecular weight is 415 g/mol. The molecular formula is C22H30N4O4. The number of rotatable bonds is 4. The third kappa shape index (κ3) is 5.98. The van der Waals surface area contributed by atoms with Crippen molar-refractivity contribution in [3.8, 4) is 11.5 Å². The molecule has 1 aromatic heterocycles. The van der Waals surface area contributed by atoms with E-state index in [1.807, 2.05) is 52.0 Å². The maximum Gasteiger partial charge on any atom is 0.410 e. The number of amides is 3. The minimum atomic E-state index is -0.522. The van der Waals surface area contributed by atoms with Crippen molar-refractivity contribution in [3.63, 3.8) is 0 Å². The molecule has 1 N–H and O–H groups in total. The molecule has 1 aliphatic rings. The SMILES string of the molecule is Cc1ccc(-c2nc(CCNC(=O)N3CCN(C(=O)OC(C)(C)C)CC3)co2)cc1. The number of piperazine rings is 1. The van der Waals surface area contributed by atoms with Gasteiger partial charge in [-0.3, -0.25) is 0 Å². The predicted molar refractivity (Wildman–Crippen MR) is 113 cm³/mol. The van der Waals surface area contributed by atoms with Crippen molar-refractivity contribution < 1.29 is 18.7 Å². The second-order valence-electron chi connectivity index (χ2n) is 8.45. The first-order chi connectivity index (χ1) is 14.2. The summed E-state index contributed by atoms with van der Waals surface area (Å²) in [5.74, 6) is 0.578. The first-order valence-corrected chi connectivity index (χ1v) is 10.2. The largest absolute Gasteiger partial charge is 0.444 e. The van der Waals surface area contributed by atoms with Gasteiger partial charge in [-0.05, 0) is 39.8 Å². The molecule has 2 heterocycles. The zero-order chi connectivity index (χ0) is 21.7. The van der Waals surface area contributed by atoms with Crippen molar-refractivity contribution in [2.24, 2.45) is 0 Å². The lowest BCUT2D eigenvalue weighted by molar-refractivity contribution is 0.0170. The molecule has 2 aromatic rings. The number of benzene rings is 1. The van der Waals surface area contributed by atoms with Crippen LogP contribution in [0.25, 0.3) is 11.5 Å². The van der Waals surface area contributed by atoms with Gasteiger partial charge in [-0.25, -0.2) is 14.6 Å². The average Bonchev–Trinajstić information content (AvgIpc) is 3.16. The third-order valence-corrected chi connectivity index (χ3v) is 4.73. The van der Waals surface area contributed by atoms with Gasteiger partial charge in [0, 0.05) is 44.7 Å². The molecule has 0 atom stereocenters. The number of carbonyl (C=O) groups is 2. The summed E-state index contributed by atoms with van der Waals surface area (Å²) in [6.07, 6.45) is 1.87. The number of carbonyl (C=O) groups excluding carboxylic acids is 2. The molecule has 30 heavy (non-hydrogen) atoms. The van der Waals surface area contributed by atoms with Gasteiger partial charge in [0.15, 0.2) is 0 Å². The number of nitrogens with one attached hydrogen (secondary N) is 1. The van der Waals surface area contributed by atoms with E-state index in [1.165, 1.54) is 5.56 Å². The molecule has 1 fully saturated rings. The zero-order valence-corrected chi connectivity index (χ0v) is 18.1. The Hall–Kier alpha value is -3.03. The summed E-state index contributed by atoms with van der Waals surface area (Å²) in [6, 6.07) is 7.85. The highest BCUT2D eigenvalue weighted by molar-refractivity contribution is 5.75. The Balaban J connectivity index is 1.40. The van der Waals surface area contributed by atoms with Crippen LogP contribution in [0.4, 0.5) is 9.59 Å². The summed E-state index contributed by atoms with van der Waals surface area (Å²) in [5, 5.41) is 2.91. The van der Waals surface area contributed by atoms with Crippen molar-refractivity contribution in [2.45, 2.75) is 39.7 Å². The molecule has 8 heteroatoms. The standard InChI is InChI=1S/C22H30N4O4/c1-16-5-7-17(8-6-16)19-24-18(15-29-19)9-10-23-20(27)25-11-13-26(14-12-25)21(28)30-22(2,3)4/h5-8,15H,9-14H2,1-4H3,(H,23,27). The Kier molecular flexibility index (Phi) is 6.64. The molecule has 162 valence electrons. The Morgan fingerprint density at radius 1 is 1.10 bits per heavy atom. The normalized spacial score (nSPS) is 14.5. The summed E-state index contributed by atoms with van der Waals surface area (Å²) in [4.78, 5) is 32.3. The number of nitrogens with zero attached hydrogens (tertiary/aromatic N) is 3. The highest BCUT2D eigenvalue weighted by Crippen LogP contribution is 2.19. The van der Waals surface area contributed by atoms with Crippen LogP contribution in [0.1, 0.15) is 32.0 Å². The van der Waals surface area contributed by atoms with Gasteiger partial charge in [0.25, 0.3) is 0 Å². The smallest absolute Gasteiger partial charge is 0.410 e. The Morgan fingerprint density at radius 3 is 2.37 bits per heavy atom. The van der Waals surface area contributed by atoms with E-state index in [-0.39, 0.29) is 12.1 Å². The van der Waals surface area contributed by atoms with Gasteiger partial charge in [0.05, 0.1) is 5.69 Å². The van der Waals surface area contributed by atoms with E-state index in [1.54, 1.807) is 16.1 Å². The number of ether oxygens (including phenoxy) is 1. The molecule has 3 rings (SSSR count). The van der Waals surface area contributed by atoms with Crippen LogP contribution in [-0.2, 0) is 11.2 Å². The number of oxazole rings is 1. The Bertz CT molecular complexity index is 862. The number of hydrogen-bond acceptors (Lipinski definition) is 5. The van der Waals surface area contributed by atoms with E-state index >= 15 is 0 Å². The number of urea groups is 1. The fourth-order valence-electron chi connectivity index (χ4n) is 3.08. The van der Waals surface area contributed by atoms with Crippen LogP contribution in [0.5, 0.6) is 0 Å².